The van der Waals surface area contributed by atoms with Gasteiger partial charge in [0.2, 0.25) is 5.91 Å². The first-order valence-corrected chi connectivity index (χ1v) is 7.77. The molecule has 0 saturated heterocycles. The minimum absolute atomic E-state index is 0.0931. The van der Waals surface area contributed by atoms with Crippen LogP contribution >= 0.6 is 0 Å². The number of primary amides is 1. The van der Waals surface area contributed by atoms with Crippen molar-refractivity contribution in [2.45, 2.75) is 26.4 Å². The maximum Gasteiger partial charge on any atom is 0.280 e. The Labute approximate surface area is 120 Å². The number of hydrogen-bond donors (Lipinski definition) is 2. The van der Waals surface area contributed by atoms with Crippen molar-refractivity contribution >= 4 is 16.1 Å². The third-order valence-electron chi connectivity index (χ3n) is 2.98. The second-order valence-corrected chi connectivity index (χ2v) is 6.66. The highest BCUT2D eigenvalue weighted by Gasteiger charge is 2.35. The molecule has 20 heavy (non-hydrogen) atoms. The highest BCUT2D eigenvalue weighted by atomic mass is 32.2. The lowest BCUT2D eigenvalue weighted by Gasteiger charge is -2.30. The van der Waals surface area contributed by atoms with E-state index in [2.05, 4.69) is 4.72 Å². The average molecular weight is 299 g/mol. The molecule has 0 aromatic heterocycles. The number of amides is 1. The second kappa shape index (κ2) is 6.83. The highest BCUT2D eigenvalue weighted by Crippen LogP contribution is 2.18. The van der Waals surface area contributed by atoms with E-state index in [4.69, 9.17) is 5.73 Å². The number of rotatable bonds is 7. The molecule has 0 heterocycles. The van der Waals surface area contributed by atoms with Crippen LogP contribution in [0.25, 0.3) is 0 Å². The molecule has 1 unspecified atom stereocenters. The molecule has 7 heteroatoms. The van der Waals surface area contributed by atoms with Gasteiger partial charge in [0.15, 0.2) is 0 Å². The van der Waals surface area contributed by atoms with Crippen molar-refractivity contribution in [2.24, 2.45) is 11.7 Å². The molecule has 6 nitrogen and oxygen atoms in total. The van der Waals surface area contributed by atoms with Gasteiger partial charge in [-0.3, -0.25) is 4.79 Å². The number of carbonyl (C=O) groups is 1. The molecule has 0 aliphatic heterocycles. The molecule has 0 aliphatic rings. The summed E-state index contributed by atoms with van der Waals surface area (Å²) in [6.45, 7) is 3.62. The first-order valence-electron chi connectivity index (χ1n) is 6.33. The third kappa shape index (κ3) is 4.03. The summed E-state index contributed by atoms with van der Waals surface area (Å²) in [5.74, 6) is -0.880. The molecule has 1 aromatic carbocycles. The molecule has 0 bridgehead atoms. The van der Waals surface area contributed by atoms with E-state index in [0.29, 0.717) is 0 Å². The monoisotopic (exact) mass is 299 g/mol. The van der Waals surface area contributed by atoms with Gasteiger partial charge in [0.1, 0.15) is 6.04 Å². The highest BCUT2D eigenvalue weighted by molar-refractivity contribution is 7.87. The normalized spacial score (nSPS) is 13.7. The second-order valence-electron chi connectivity index (χ2n) is 4.83. The van der Waals surface area contributed by atoms with Gasteiger partial charge in [0.05, 0.1) is 0 Å². The minimum atomic E-state index is -3.77. The van der Waals surface area contributed by atoms with Gasteiger partial charge < -0.3 is 5.73 Å². The lowest BCUT2D eigenvalue weighted by molar-refractivity contribution is -0.123. The Bertz CT molecular complexity index is 543. The van der Waals surface area contributed by atoms with Gasteiger partial charge in [0, 0.05) is 13.6 Å². The summed E-state index contributed by atoms with van der Waals surface area (Å²) < 4.78 is 27.7. The molecule has 0 saturated carbocycles. The van der Waals surface area contributed by atoms with Gasteiger partial charge in [-0.05, 0) is 11.5 Å². The van der Waals surface area contributed by atoms with Gasteiger partial charge in [-0.2, -0.15) is 12.7 Å². The fourth-order valence-electron chi connectivity index (χ4n) is 2.02. The lowest BCUT2D eigenvalue weighted by Crippen LogP contribution is -2.53. The minimum Gasteiger partial charge on any atom is -0.368 e. The fourth-order valence-corrected chi connectivity index (χ4v) is 3.22. The summed E-state index contributed by atoms with van der Waals surface area (Å²) in [6, 6.07) is 8.18. The van der Waals surface area contributed by atoms with Crippen molar-refractivity contribution in [1.29, 1.82) is 0 Å². The average Bonchev–Trinajstić information content (AvgIpc) is 2.38. The Morgan fingerprint density at radius 2 is 1.85 bits per heavy atom. The molecular formula is C13H21N3O3S. The standard InChI is InChI=1S/C13H21N3O3S/c1-10(2)12(13(14)17)16(20(18,19)15-3)9-11-7-5-4-6-8-11/h4-8,10,12,15H,9H2,1-3H3,(H2,14,17). The van der Waals surface area contributed by atoms with Crippen molar-refractivity contribution in [1.82, 2.24) is 9.03 Å². The van der Waals surface area contributed by atoms with E-state index in [1.807, 2.05) is 18.2 Å². The largest absolute Gasteiger partial charge is 0.368 e. The lowest BCUT2D eigenvalue weighted by atomic mass is 10.0. The van der Waals surface area contributed by atoms with Crippen LogP contribution in [0.5, 0.6) is 0 Å². The molecular weight excluding hydrogens is 278 g/mol. The van der Waals surface area contributed by atoms with E-state index in [0.717, 1.165) is 9.87 Å². The zero-order valence-corrected chi connectivity index (χ0v) is 12.7. The Morgan fingerprint density at radius 1 is 1.30 bits per heavy atom. The molecule has 0 aliphatic carbocycles. The zero-order chi connectivity index (χ0) is 15.3. The molecule has 1 atom stereocenters. The Hall–Kier alpha value is -1.44. The number of nitrogens with zero attached hydrogens (tertiary/aromatic N) is 1. The van der Waals surface area contributed by atoms with E-state index in [1.165, 1.54) is 7.05 Å². The summed E-state index contributed by atoms with van der Waals surface area (Å²) in [5, 5.41) is 0. The van der Waals surface area contributed by atoms with Gasteiger partial charge in [-0.15, -0.1) is 0 Å². The fraction of sp³-hybridized carbons (Fsp3) is 0.462. The number of nitrogens with two attached hydrogens (primary N) is 1. The maximum atomic E-state index is 12.2. The summed E-state index contributed by atoms with van der Waals surface area (Å²) in [4.78, 5) is 11.6. The third-order valence-corrected chi connectivity index (χ3v) is 4.47. The number of carbonyl (C=O) groups excluding carboxylic acids is 1. The van der Waals surface area contributed by atoms with E-state index in [9.17, 15) is 13.2 Å². The summed E-state index contributed by atoms with van der Waals surface area (Å²) in [7, 11) is -2.45. The predicted octanol–water partition coefficient (Wildman–Crippen LogP) is 0.463. The first-order chi connectivity index (χ1) is 9.29. The van der Waals surface area contributed by atoms with Gasteiger partial charge in [0.25, 0.3) is 10.2 Å². The first kappa shape index (κ1) is 16.6. The van der Waals surface area contributed by atoms with E-state index in [-0.39, 0.29) is 12.5 Å². The van der Waals surface area contributed by atoms with E-state index < -0.39 is 22.2 Å². The van der Waals surface area contributed by atoms with Crippen LogP contribution in [0.3, 0.4) is 0 Å². The van der Waals surface area contributed by atoms with Gasteiger partial charge >= 0.3 is 0 Å². The molecule has 1 rings (SSSR count). The number of benzene rings is 1. The van der Waals surface area contributed by atoms with Gasteiger partial charge in [-0.1, -0.05) is 44.2 Å². The molecule has 1 amide bonds. The Morgan fingerprint density at radius 3 is 2.25 bits per heavy atom. The number of hydrogen-bond acceptors (Lipinski definition) is 3. The maximum absolute atomic E-state index is 12.2. The van der Waals surface area contributed by atoms with Crippen LogP contribution in [0.1, 0.15) is 19.4 Å². The van der Waals surface area contributed by atoms with Crippen LogP contribution in [0, 0.1) is 5.92 Å². The summed E-state index contributed by atoms with van der Waals surface area (Å²) in [6.07, 6.45) is 0. The van der Waals surface area contributed by atoms with Crippen LogP contribution in [0.2, 0.25) is 0 Å². The predicted molar refractivity (Wildman–Crippen MR) is 77.8 cm³/mol. The van der Waals surface area contributed by atoms with Crippen LogP contribution in [0.15, 0.2) is 30.3 Å². The van der Waals surface area contributed by atoms with Crippen molar-refractivity contribution in [3.05, 3.63) is 35.9 Å². The van der Waals surface area contributed by atoms with E-state index in [1.54, 1.807) is 26.0 Å². The molecule has 0 spiro atoms. The van der Waals surface area contributed by atoms with Gasteiger partial charge in [-0.25, -0.2) is 4.72 Å². The SMILES string of the molecule is CNS(=O)(=O)N(Cc1ccccc1)C(C(N)=O)C(C)C. The van der Waals surface area contributed by atoms with Crippen LogP contribution in [0.4, 0.5) is 0 Å². The summed E-state index contributed by atoms with van der Waals surface area (Å²) in [5.41, 5.74) is 6.16. The topological polar surface area (TPSA) is 92.5 Å². The van der Waals surface area contributed by atoms with Crippen LogP contribution in [-0.4, -0.2) is 31.7 Å². The Balaban J connectivity index is 3.18. The molecule has 0 fully saturated rings. The number of nitrogens with one attached hydrogen (secondary N) is 1. The zero-order valence-electron chi connectivity index (χ0n) is 11.9. The Kier molecular flexibility index (Phi) is 5.67. The van der Waals surface area contributed by atoms with Crippen molar-refractivity contribution in [3.63, 3.8) is 0 Å². The van der Waals surface area contributed by atoms with Crippen LogP contribution in [-0.2, 0) is 21.5 Å². The van der Waals surface area contributed by atoms with Crippen molar-refractivity contribution < 1.29 is 13.2 Å². The smallest absolute Gasteiger partial charge is 0.280 e. The van der Waals surface area contributed by atoms with Crippen molar-refractivity contribution in [3.8, 4) is 0 Å². The van der Waals surface area contributed by atoms with E-state index >= 15 is 0 Å². The van der Waals surface area contributed by atoms with Crippen molar-refractivity contribution in [2.75, 3.05) is 7.05 Å². The quantitative estimate of drug-likeness (QED) is 0.766. The molecule has 0 radical (unpaired) electrons. The summed E-state index contributed by atoms with van der Waals surface area (Å²) >= 11 is 0. The van der Waals surface area contributed by atoms with Crippen LogP contribution < -0.4 is 10.5 Å². The molecule has 1 aromatic rings. The molecule has 112 valence electrons. The molecule has 3 N–H and O–H groups in total.